The molecule has 12 heteroatoms. The Morgan fingerprint density at radius 1 is 0.921 bits per heavy atom. The second kappa shape index (κ2) is 10.7. The Bertz CT molecular complexity index is 1700. The van der Waals surface area contributed by atoms with Crippen LogP contribution in [0.1, 0.15) is 21.5 Å². The maximum atomic E-state index is 13.1. The van der Waals surface area contributed by atoms with E-state index in [1.54, 1.807) is 26.0 Å². The molecule has 0 fully saturated rings. The van der Waals surface area contributed by atoms with E-state index in [1.807, 2.05) is 0 Å². The predicted octanol–water partition coefficient (Wildman–Crippen LogP) is 3.19. The first kappa shape index (κ1) is 26.4. The number of ether oxygens (including phenoxy) is 1. The maximum Gasteiger partial charge on any atom is 0.336 e. The zero-order valence-electron chi connectivity index (χ0n) is 20.2. The Kier molecular flexibility index (Phi) is 7.44. The van der Waals surface area contributed by atoms with Crippen LogP contribution in [0.4, 0.5) is 10.1 Å². The second-order valence-corrected chi connectivity index (χ2v) is 9.97. The minimum absolute atomic E-state index is 0.0635. The van der Waals surface area contributed by atoms with Crippen LogP contribution in [0.15, 0.2) is 80.8 Å². The van der Waals surface area contributed by atoms with Gasteiger partial charge in [-0.25, -0.2) is 17.6 Å². The number of fused-ring (bicyclic) bond motifs is 1. The summed E-state index contributed by atoms with van der Waals surface area (Å²) in [6, 6.07) is 14.7. The molecule has 0 bridgehead atoms. The lowest BCUT2D eigenvalue weighted by molar-refractivity contribution is -0.123. The molecule has 0 radical (unpaired) electrons. The Balaban J connectivity index is 1.36. The van der Waals surface area contributed by atoms with Crippen molar-refractivity contribution in [3.8, 4) is 5.75 Å². The van der Waals surface area contributed by atoms with Gasteiger partial charge in [-0.15, -0.1) is 0 Å². The van der Waals surface area contributed by atoms with E-state index in [1.165, 1.54) is 30.3 Å². The van der Waals surface area contributed by atoms with Crippen LogP contribution in [0.3, 0.4) is 0 Å². The van der Waals surface area contributed by atoms with Crippen LogP contribution in [0.25, 0.3) is 11.0 Å². The fourth-order valence-corrected chi connectivity index (χ4v) is 4.59. The van der Waals surface area contributed by atoms with E-state index >= 15 is 0 Å². The van der Waals surface area contributed by atoms with Crippen LogP contribution in [0.2, 0.25) is 0 Å². The summed E-state index contributed by atoms with van der Waals surface area (Å²) < 4.78 is 51.3. The van der Waals surface area contributed by atoms with Crippen molar-refractivity contribution in [2.75, 3.05) is 11.3 Å². The van der Waals surface area contributed by atoms with Gasteiger partial charge in [-0.05, 0) is 73.5 Å². The largest absolute Gasteiger partial charge is 0.484 e. The summed E-state index contributed by atoms with van der Waals surface area (Å²) in [5, 5.41) is 0.728. The smallest absolute Gasteiger partial charge is 0.336 e. The van der Waals surface area contributed by atoms with Crippen molar-refractivity contribution >= 4 is 38.5 Å². The molecule has 4 rings (SSSR count). The maximum absolute atomic E-state index is 13.1. The third-order valence-electron chi connectivity index (χ3n) is 5.48. The molecule has 0 atom stereocenters. The van der Waals surface area contributed by atoms with Gasteiger partial charge in [0.15, 0.2) is 6.61 Å². The lowest BCUT2D eigenvalue weighted by Gasteiger charge is -2.13. The van der Waals surface area contributed by atoms with E-state index in [-0.39, 0.29) is 21.9 Å². The van der Waals surface area contributed by atoms with Crippen LogP contribution < -0.4 is 25.9 Å². The Morgan fingerprint density at radius 2 is 1.66 bits per heavy atom. The number of benzene rings is 3. The summed E-state index contributed by atoms with van der Waals surface area (Å²) in [4.78, 5) is 36.1. The summed E-state index contributed by atoms with van der Waals surface area (Å²) in [5.74, 6) is -1.67. The van der Waals surface area contributed by atoms with Gasteiger partial charge < -0.3 is 9.15 Å². The number of aryl methyl sites for hydroxylation is 2. The molecule has 38 heavy (non-hydrogen) atoms. The first-order valence-corrected chi connectivity index (χ1v) is 12.7. The third kappa shape index (κ3) is 6.16. The van der Waals surface area contributed by atoms with Crippen molar-refractivity contribution in [3.05, 3.63) is 99.7 Å². The molecule has 3 N–H and O–H groups in total. The lowest BCUT2D eigenvalue weighted by atomic mass is 10.1. The highest BCUT2D eigenvalue weighted by Gasteiger charge is 2.17. The molecule has 2 amide bonds. The monoisotopic (exact) mass is 539 g/mol. The number of carbonyl (C=O) groups is 2. The van der Waals surface area contributed by atoms with Gasteiger partial charge in [-0.1, -0.05) is 6.07 Å². The van der Waals surface area contributed by atoms with E-state index in [4.69, 9.17) is 9.15 Å². The zero-order valence-corrected chi connectivity index (χ0v) is 21.0. The van der Waals surface area contributed by atoms with Crippen molar-refractivity contribution in [1.29, 1.82) is 0 Å². The molecule has 1 heterocycles. The third-order valence-corrected chi connectivity index (χ3v) is 6.86. The van der Waals surface area contributed by atoms with Crippen molar-refractivity contribution in [3.63, 3.8) is 0 Å². The summed E-state index contributed by atoms with van der Waals surface area (Å²) in [6.45, 7) is 2.97. The number of halogens is 1. The van der Waals surface area contributed by atoms with E-state index in [9.17, 15) is 27.2 Å². The minimum atomic E-state index is -4.03. The number of nitrogens with one attached hydrogen (secondary N) is 3. The summed E-state index contributed by atoms with van der Waals surface area (Å²) in [5.41, 5.74) is 5.72. The van der Waals surface area contributed by atoms with E-state index in [0.29, 0.717) is 11.1 Å². The molecule has 0 saturated carbocycles. The van der Waals surface area contributed by atoms with Crippen LogP contribution in [-0.2, 0) is 14.8 Å². The number of hydrogen-bond donors (Lipinski definition) is 3. The number of carbonyl (C=O) groups excluding carboxylic acids is 2. The van der Waals surface area contributed by atoms with Crippen molar-refractivity contribution in [1.82, 2.24) is 10.9 Å². The molecule has 0 spiro atoms. The molecule has 0 unspecified atom stereocenters. The highest BCUT2D eigenvalue weighted by molar-refractivity contribution is 7.92. The number of anilines is 1. The Labute approximate surface area is 216 Å². The fraction of sp³-hybridized carbons (Fsp3) is 0.115. The summed E-state index contributed by atoms with van der Waals surface area (Å²) in [7, 11) is -4.03. The molecule has 0 aliphatic heterocycles. The van der Waals surface area contributed by atoms with Gasteiger partial charge in [0.2, 0.25) is 0 Å². The molecule has 10 nitrogen and oxygen atoms in total. The highest BCUT2D eigenvalue weighted by Crippen LogP contribution is 2.23. The van der Waals surface area contributed by atoms with Gasteiger partial charge in [0, 0.05) is 23.1 Å². The van der Waals surface area contributed by atoms with Gasteiger partial charge >= 0.3 is 5.63 Å². The SMILES string of the molecule is Cc1ccc(C(=O)NNC(=O)COc2ccc3c(C)cc(=O)oc3c2)cc1NS(=O)(=O)c1ccc(F)cc1. The van der Waals surface area contributed by atoms with Gasteiger partial charge in [-0.3, -0.25) is 25.2 Å². The number of rotatable bonds is 7. The van der Waals surface area contributed by atoms with E-state index in [2.05, 4.69) is 15.6 Å². The molecular weight excluding hydrogens is 517 g/mol. The summed E-state index contributed by atoms with van der Waals surface area (Å²) >= 11 is 0. The zero-order chi connectivity index (χ0) is 27.4. The van der Waals surface area contributed by atoms with Gasteiger partial charge in [0.05, 0.1) is 10.6 Å². The summed E-state index contributed by atoms with van der Waals surface area (Å²) in [6.07, 6.45) is 0. The molecule has 1 aromatic heterocycles. The average molecular weight is 540 g/mol. The Morgan fingerprint density at radius 3 is 2.39 bits per heavy atom. The van der Waals surface area contributed by atoms with Gasteiger partial charge in [-0.2, -0.15) is 0 Å². The number of hydrogen-bond acceptors (Lipinski definition) is 7. The average Bonchev–Trinajstić information content (AvgIpc) is 2.87. The molecule has 4 aromatic rings. The van der Waals surface area contributed by atoms with E-state index in [0.717, 1.165) is 35.2 Å². The molecule has 196 valence electrons. The molecular formula is C26H22FN3O7S. The van der Waals surface area contributed by atoms with Crippen LogP contribution >= 0.6 is 0 Å². The molecule has 0 aliphatic rings. The Hall–Kier alpha value is -4.71. The van der Waals surface area contributed by atoms with Crippen molar-refractivity contribution in [2.45, 2.75) is 18.7 Å². The number of hydrazine groups is 1. The standard InChI is InChI=1S/C26H22FN3O7S/c1-15-3-4-17(12-22(15)30-38(34,35)20-8-5-18(27)6-9-20)26(33)29-28-24(31)14-36-19-7-10-21-16(2)11-25(32)37-23(21)13-19/h3-13,30H,14H2,1-2H3,(H,28,31)(H,29,33). The topological polar surface area (TPSA) is 144 Å². The van der Waals surface area contributed by atoms with Crippen LogP contribution in [0.5, 0.6) is 5.75 Å². The highest BCUT2D eigenvalue weighted by atomic mass is 32.2. The fourth-order valence-electron chi connectivity index (χ4n) is 3.47. The van der Waals surface area contributed by atoms with Crippen molar-refractivity contribution < 1.29 is 31.6 Å². The predicted molar refractivity (Wildman–Crippen MR) is 137 cm³/mol. The quantitative estimate of drug-likeness (QED) is 0.242. The molecule has 0 saturated heterocycles. The van der Waals surface area contributed by atoms with Crippen molar-refractivity contribution in [2.24, 2.45) is 0 Å². The first-order valence-electron chi connectivity index (χ1n) is 11.2. The second-order valence-electron chi connectivity index (χ2n) is 8.29. The lowest BCUT2D eigenvalue weighted by Crippen LogP contribution is -2.43. The van der Waals surface area contributed by atoms with Gasteiger partial charge in [0.1, 0.15) is 17.1 Å². The number of sulfonamides is 1. The minimum Gasteiger partial charge on any atom is -0.484 e. The van der Waals surface area contributed by atoms with Crippen LogP contribution in [0, 0.1) is 19.7 Å². The molecule has 3 aromatic carbocycles. The van der Waals surface area contributed by atoms with E-state index < -0.39 is 39.9 Å². The number of amides is 2. The normalized spacial score (nSPS) is 11.1. The van der Waals surface area contributed by atoms with Crippen LogP contribution in [-0.4, -0.2) is 26.8 Å². The van der Waals surface area contributed by atoms with Gasteiger partial charge in [0.25, 0.3) is 21.8 Å². The molecule has 0 aliphatic carbocycles. The first-order chi connectivity index (χ1) is 18.0.